The molecule has 1 N–H and O–H groups in total. The minimum Gasteiger partial charge on any atom is -0.497 e. The first kappa shape index (κ1) is 26.4. The zero-order chi connectivity index (χ0) is 25.2. The fraction of sp³-hybridized carbons (Fsp3) is 0.370. The summed E-state index contributed by atoms with van der Waals surface area (Å²) >= 11 is 1.40. The van der Waals surface area contributed by atoms with E-state index in [-0.39, 0.29) is 17.6 Å². The fourth-order valence-electron chi connectivity index (χ4n) is 3.83. The Morgan fingerprint density at radius 3 is 2.63 bits per heavy atom. The molecule has 2 heterocycles. The minimum atomic E-state index is -0.532. The summed E-state index contributed by atoms with van der Waals surface area (Å²) < 4.78 is 16.1. The third kappa shape index (κ3) is 7.13. The van der Waals surface area contributed by atoms with Crippen LogP contribution in [0, 0.1) is 0 Å². The third-order valence-corrected chi connectivity index (χ3v) is 6.54. The number of hydrogen-bond acceptors (Lipinski definition) is 8. The molecule has 2 atom stereocenters. The van der Waals surface area contributed by atoms with Crippen molar-refractivity contribution in [3.8, 4) is 5.75 Å². The van der Waals surface area contributed by atoms with E-state index in [1.54, 1.807) is 19.2 Å². The van der Waals surface area contributed by atoms with E-state index in [0.29, 0.717) is 29.5 Å². The molecule has 0 amide bonds. The number of methoxy groups -OCH3 is 2. The van der Waals surface area contributed by atoms with Crippen molar-refractivity contribution in [1.29, 1.82) is 0 Å². The number of Topliss-reactive ketones (excluding diaryl/α,β-unsaturated/α-hetero) is 1. The van der Waals surface area contributed by atoms with Crippen molar-refractivity contribution in [3.63, 3.8) is 0 Å². The maximum Gasteiger partial charge on any atom is 0.356 e. The van der Waals surface area contributed by atoms with Gasteiger partial charge in [-0.15, -0.1) is 11.3 Å². The summed E-state index contributed by atoms with van der Waals surface area (Å²) in [6.45, 7) is 4.47. The van der Waals surface area contributed by atoms with E-state index in [2.05, 4.69) is 17.2 Å². The van der Waals surface area contributed by atoms with Crippen LogP contribution in [0.3, 0.4) is 0 Å². The van der Waals surface area contributed by atoms with Crippen molar-refractivity contribution < 1.29 is 23.8 Å². The summed E-state index contributed by atoms with van der Waals surface area (Å²) in [4.78, 5) is 30.8. The number of nitrogens with zero attached hydrogens (tertiary/aromatic N) is 1. The second-order valence-corrected chi connectivity index (χ2v) is 9.09. The number of hydrogen-bond donors (Lipinski definition) is 1. The van der Waals surface area contributed by atoms with Gasteiger partial charge in [-0.05, 0) is 48.6 Å². The number of esters is 1. The Labute approximate surface area is 210 Å². The van der Waals surface area contributed by atoms with Crippen molar-refractivity contribution >= 4 is 28.8 Å². The van der Waals surface area contributed by atoms with E-state index in [9.17, 15) is 9.59 Å². The second kappa shape index (κ2) is 13.0. The number of nitrogens with one attached hydrogen (secondary N) is 1. The molecule has 2 unspecified atom stereocenters. The molecule has 3 aromatic rings. The number of thiophene rings is 1. The van der Waals surface area contributed by atoms with Gasteiger partial charge in [0.25, 0.3) is 0 Å². The van der Waals surface area contributed by atoms with Crippen LogP contribution >= 0.6 is 11.3 Å². The molecule has 3 rings (SSSR count). The summed E-state index contributed by atoms with van der Waals surface area (Å²) in [7, 11) is 2.92. The Balaban J connectivity index is 1.96. The molecule has 8 heteroatoms. The topological polar surface area (TPSA) is 86.8 Å². The monoisotopic (exact) mass is 496 g/mol. The molecule has 0 aliphatic rings. The van der Waals surface area contributed by atoms with Crippen molar-refractivity contribution in [1.82, 2.24) is 4.98 Å². The lowest BCUT2D eigenvalue weighted by molar-refractivity contribution is 0.0593. The van der Waals surface area contributed by atoms with Crippen molar-refractivity contribution in [2.24, 2.45) is 0 Å². The van der Waals surface area contributed by atoms with Crippen LogP contribution in [0.2, 0.25) is 0 Å². The molecule has 35 heavy (non-hydrogen) atoms. The Kier molecular flexibility index (Phi) is 9.81. The maximum atomic E-state index is 13.7. The van der Waals surface area contributed by atoms with Crippen LogP contribution in [-0.4, -0.2) is 43.8 Å². The van der Waals surface area contributed by atoms with Crippen LogP contribution in [0.4, 0.5) is 5.69 Å². The lowest BCUT2D eigenvalue weighted by Gasteiger charge is -2.22. The maximum absolute atomic E-state index is 13.7. The second-order valence-electron chi connectivity index (χ2n) is 8.14. The number of carbonyl (C=O) groups is 2. The minimum absolute atomic E-state index is 0.0150. The zero-order valence-electron chi connectivity index (χ0n) is 20.6. The summed E-state index contributed by atoms with van der Waals surface area (Å²) in [5.74, 6) is -0.390. The lowest BCUT2D eigenvalue weighted by Crippen LogP contribution is -2.20. The number of aromatic nitrogens is 1. The predicted molar refractivity (Wildman–Crippen MR) is 138 cm³/mol. The van der Waals surface area contributed by atoms with Gasteiger partial charge in [0.05, 0.1) is 31.1 Å². The summed E-state index contributed by atoms with van der Waals surface area (Å²) in [5, 5.41) is 5.22. The van der Waals surface area contributed by atoms with E-state index >= 15 is 0 Å². The number of benzene rings is 1. The summed E-state index contributed by atoms with van der Waals surface area (Å²) in [5.41, 5.74) is 2.39. The molecule has 186 valence electrons. The number of rotatable bonds is 13. The molecule has 0 aliphatic heterocycles. The molecule has 1 aromatic carbocycles. The lowest BCUT2D eigenvalue weighted by atomic mass is 9.88. The molecule has 0 spiro atoms. The van der Waals surface area contributed by atoms with Gasteiger partial charge in [0.2, 0.25) is 0 Å². The van der Waals surface area contributed by atoms with Crippen molar-refractivity contribution in [2.45, 2.75) is 45.1 Å². The molecule has 0 aliphatic carbocycles. The van der Waals surface area contributed by atoms with Crippen LogP contribution in [-0.2, 0) is 15.9 Å². The Morgan fingerprint density at radius 1 is 1.11 bits per heavy atom. The van der Waals surface area contributed by atoms with Crippen molar-refractivity contribution in [3.05, 3.63) is 75.7 Å². The fourth-order valence-corrected chi connectivity index (χ4v) is 4.55. The van der Waals surface area contributed by atoms with Crippen LogP contribution in [0.5, 0.6) is 5.75 Å². The molecule has 0 radical (unpaired) electrons. The van der Waals surface area contributed by atoms with Gasteiger partial charge in [0, 0.05) is 23.9 Å². The Morgan fingerprint density at radius 2 is 1.94 bits per heavy atom. The van der Waals surface area contributed by atoms with Gasteiger partial charge < -0.3 is 19.5 Å². The van der Waals surface area contributed by atoms with Gasteiger partial charge in [-0.1, -0.05) is 31.5 Å². The van der Waals surface area contributed by atoms with Crippen LogP contribution < -0.4 is 10.1 Å². The Hall–Kier alpha value is -3.23. The third-order valence-electron chi connectivity index (χ3n) is 5.66. The number of ether oxygens (including phenoxy) is 3. The van der Waals surface area contributed by atoms with E-state index in [1.165, 1.54) is 18.4 Å². The smallest absolute Gasteiger partial charge is 0.356 e. The molecule has 0 saturated heterocycles. The summed E-state index contributed by atoms with van der Waals surface area (Å²) in [6, 6.07) is 14.5. The Bertz CT molecular complexity index is 1120. The first-order valence-corrected chi connectivity index (χ1v) is 12.5. The first-order valence-electron chi connectivity index (χ1n) is 11.6. The SMILES string of the molecule is CCCC(C)OCNc1cc(OC)ccc1C(Cc1cccc(C(=O)OC)n1)C(=O)c1cccs1. The highest BCUT2D eigenvalue weighted by Gasteiger charge is 2.27. The highest BCUT2D eigenvalue weighted by Crippen LogP contribution is 2.34. The van der Waals surface area contributed by atoms with Gasteiger partial charge in [0.15, 0.2) is 5.78 Å². The number of ketones is 1. The highest BCUT2D eigenvalue weighted by atomic mass is 32.1. The quantitative estimate of drug-likeness (QED) is 0.184. The van der Waals surface area contributed by atoms with Gasteiger partial charge in [0.1, 0.15) is 18.2 Å². The normalized spacial score (nSPS) is 12.6. The average Bonchev–Trinajstić information content (AvgIpc) is 3.42. The number of pyridine rings is 1. The van der Waals surface area contributed by atoms with Gasteiger partial charge in [-0.2, -0.15) is 0 Å². The zero-order valence-corrected chi connectivity index (χ0v) is 21.4. The molecular formula is C27H32N2O5S. The largest absolute Gasteiger partial charge is 0.497 e. The van der Waals surface area contributed by atoms with Gasteiger partial charge in [-0.3, -0.25) is 4.79 Å². The van der Waals surface area contributed by atoms with E-state index in [4.69, 9.17) is 14.2 Å². The molecule has 0 fully saturated rings. The number of carbonyl (C=O) groups excluding carboxylic acids is 2. The van der Waals surface area contributed by atoms with Gasteiger partial charge >= 0.3 is 5.97 Å². The standard InChI is InChI=1S/C27H32N2O5S/c1-5-8-18(2)34-17-28-24-16-20(32-3)12-13-21(24)22(26(30)25-11-7-14-35-25)15-19-9-6-10-23(29-19)27(31)33-4/h6-7,9-14,16,18,22,28H,5,8,15,17H2,1-4H3. The number of anilines is 1. The van der Waals surface area contributed by atoms with Crippen molar-refractivity contribution in [2.75, 3.05) is 26.3 Å². The van der Waals surface area contributed by atoms with Crippen LogP contribution in [0.25, 0.3) is 0 Å². The molecule has 0 bridgehead atoms. The molecule has 7 nitrogen and oxygen atoms in total. The van der Waals surface area contributed by atoms with E-state index in [0.717, 1.165) is 24.1 Å². The van der Waals surface area contributed by atoms with Gasteiger partial charge in [-0.25, -0.2) is 9.78 Å². The molecular weight excluding hydrogens is 464 g/mol. The molecule has 0 saturated carbocycles. The first-order chi connectivity index (χ1) is 17.0. The predicted octanol–water partition coefficient (Wildman–Crippen LogP) is 5.72. The van der Waals surface area contributed by atoms with Crippen LogP contribution in [0.1, 0.15) is 64.0 Å². The molecule has 2 aromatic heterocycles. The summed E-state index contributed by atoms with van der Waals surface area (Å²) in [6.07, 6.45) is 2.44. The average molecular weight is 497 g/mol. The van der Waals surface area contributed by atoms with E-state index < -0.39 is 11.9 Å². The highest BCUT2D eigenvalue weighted by molar-refractivity contribution is 7.12. The van der Waals surface area contributed by atoms with Crippen LogP contribution in [0.15, 0.2) is 53.9 Å². The van der Waals surface area contributed by atoms with E-state index in [1.807, 2.05) is 48.7 Å².